The third-order valence-electron chi connectivity index (χ3n) is 3.84. The second kappa shape index (κ2) is 4.79. The maximum Gasteiger partial charge on any atom is 0.217 e. The van der Waals surface area contributed by atoms with Crippen LogP contribution in [0.5, 0.6) is 0 Å². The summed E-state index contributed by atoms with van der Waals surface area (Å²) in [6.07, 6.45) is 8.25. The van der Waals surface area contributed by atoms with Gasteiger partial charge in [-0.15, -0.1) is 0 Å². The lowest BCUT2D eigenvalue weighted by Crippen LogP contribution is -2.40. The van der Waals surface area contributed by atoms with E-state index in [-0.39, 0.29) is 0 Å². The predicted molar refractivity (Wildman–Crippen MR) is 58.0 cm³/mol. The van der Waals surface area contributed by atoms with Crippen molar-refractivity contribution in [1.82, 2.24) is 4.90 Å². The standard InChI is InChI=1S/C12H20N2/c1-13-10-11-6-8-14(9-7-11)12-4-2-3-5-12/h11-12H,2-10H2. The van der Waals surface area contributed by atoms with Crippen LogP contribution < -0.4 is 0 Å². The number of nitrogens with zero attached hydrogens (tertiary/aromatic N) is 2. The van der Waals surface area contributed by atoms with Crippen LogP contribution in [-0.4, -0.2) is 30.6 Å². The van der Waals surface area contributed by atoms with Crippen molar-refractivity contribution in [3.05, 3.63) is 11.4 Å². The Labute approximate surface area is 87.1 Å². The Morgan fingerprint density at radius 1 is 1.07 bits per heavy atom. The Hall–Kier alpha value is -0.550. The average Bonchev–Trinajstić information content (AvgIpc) is 2.72. The predicted octanol–water partition coefficient (Wildman–Crippen LogP) is 2.56. The largest absolute Gasteiger partial charge is 0.317 e. The number of piperidine rings is 1. The normalized spacial score (nSPS) is 26.5. The second-order valence-electron chi connectivity index (χ2n) is 4.76. The molecule has 0 radical (unpaired) electrons. The van der Waals surface area contributed by atoms with E-state index in [2.05, 4.69) is 9.74 Å². The molecule has 0 spiro atoms. The van der Waals surface area contributed by atoms with E-state index in [1.807, 2.05) is 0 Å². The monoisotopic (exact) mass is 192 g/mol. The molecule has 78 valence electrons. The van der Waals surface area contributed by atoms with Crippen molar-refractivity contribution < 1.29 is 0 Å². The van der Waals surface area contributed by atoms with Crippen LogP contribution in [0.3, 0.4) is 0 Å². The lowest BCUT2D eigenvalue weighted by atomic mass is 9.95. The molecule has 14 heavy (non-hydrogen) atoms. The van der Waals surface area contributed by atoms with E-state index < -0.39 is 0 Å². The van der Waals surface area contributed by atoms with Crippen molar-refractivity contribution >= 4 is 0 Å². The fourth-order valence-corrected chi connectivity index (χ4v) is 2.90. The van der Waals surface area contributed by atoms with Crippen LogP contribution >= 0.6 is 0 Å². The number of hydrogen-bond acceptors (Lipinski definition) is 1. The first kappa shape index (κ1) is 9.98. The van der Waals surface area contributed by atoms with Crippen molar-refractivity contribution in [2.45, 2.75) is 44.6 Å². The zero-order chi connectivity index (χ0) is 9.80. The van der Waals surface area contributed by atoms with Crippen molar-refractivity contribution in [2.75, 3.05) is 19.6 Å². The van der Waals surface area contributed by atoms with Gasteiger partial charge in [0.25, 0.3) is 0 Å². The third-order valence-corrected chi connectivity index (χ3v) is 3.84. The Morgan fingerprint density at radius 3 is 2.29 bits per heavy atom. The highest BCUT2D eigenvalue weighted by Crippen LogP contribution is 2.27. The minimum Gasteiger partial charge on any atom is -0.317 e. The first-order valence-corrected chi connectivity index (χ1v) is 5.97. The van der Waals surface area contributed by atoms with E-state index in [4.69, 9.17) is 6.57 Å². The minimum absolute atomic E-state index is 0.699. The zero-order valence-corrected chi connectivity index (χ0v) is 8.91. The van der Waals surface area contributed by atoms with Gasteiger partial charge in [0, 0.05) is 12.0 Å². The van der Waals surface area contributed by atoms with Gasteiger partial charge in [-0.2, -0.15) is 0 Å². The molecule has 0 aromatic carbocycles. The summed E-state index contributed by atoms with van der Waals surface area (Å²) in [6, 6.07) is 0.892. The summed E-state index contributed by atoms with van der Waals surface area (Å²) in [5, 5.41) is 0. The molecule has 2 heteroatoms. The Kier molecular flexibility index (Phi) is 3.42. The van der Waals surface area contributed by atoms with Crippen molar-refractivity contribution in [3.8, 4) is 0 Å². The Morgan fingerprint density at radius 2 is 1.71 bits per heavy atom. The number of likely N-dealkylation sites (tertiary alicyclic amines) is 1. The SMILES string of the molecule is [C-]#[N+]CC1CCN(C2CCCC2)CC1. The van der Waals surface area contributed by atoms with Crippen LogP contribution in [0.1, 0.15) is 38.5 Å². The first-order valence-electron chi connectivity index (χ1n) is 5.97. The van der Waals surface area contributed by atoms with E-state index >= 15 is 0 Å². The minimum atomic E-state index is 0.699. The van der Waals surface area contributed by atoms with Gasteiger partial charge in [0.2, 0.25) is 6.54 Å². The van der Waals surface area contributed by atoms with E-state index in [9.17, 15) is 0 Å². The molecule has 0 aromatic heterocycles. The molecule has 0 amide bonds. The molecule has 1 heterocycles. The Balaban J connectivity index is 1.75. The molecule has 1 saturated heterocycles. The summed E-state index contributed by atoms with van der Waals surface area (Å²) in [5.74, 6) is 0.699. The number of hydrogen-bond donors (Lipinski definition) is 0. The highest BCUT2D eigenvalue weighted by atomic mass is 15.2. The molecule has 2 nitrogen and oxygen atoms in total. The van der Waals surface area contributed by atoms with Gasteiger partial charge in [-0.3, -0.25) is 0 Å². The molecular weight excluding hydrogens is 172 g/mol. The van der Waals surface area contributed by atoms with Crippen molar-refractivity contribution in [3.63, 3.8) is 0 Å². The first-order chi connectivity index (χ1) is 6.90. The molecule has 2 fully saturated rings. The van der Waals surface area contributed by atoms with Crippen LogP contribution in [0, 0.1) is 12.5 Å². The van der Waals surface area contributed by atoms with Gasteiger partial charge in [0.1, 0.15) is 0 Å². The summed E-state index contributed by atoms with van der Waals surface area (Å²) < 4.78 is 0. The van der Waals surface area contributed by atoms with Gasteiger partial charge in [-0.1, -0.05) is 12.8 Å². The van der Waals surface area contributed by atoms with Crippen LogP contribution in [0.4, 0.5) is 0 Å². The molecule has 0 N–H and O–H groups in total. The molecule has 1 aliphatic heterocycles. The topological polar surface area (TPSA) is 7.60 Å². The fraction of sp³-hybridized carbons (Fsp3) is 0.917. The molecule has 0 unspecified atom stereocenters. The molecule has 0 bridgehead atoms. The van der Waals surface area contributed by atoms with Gasteiger partial charge in [0.15, 0.2) is 0 Å². The molecule has 2 aliphatic rings. The van der Waals surface area contributed by atoms with Crippen molar-refractivity contribution in [1.29, 1.82) is 0 Å². The summed E-state index contributed by atoms with van der Waals surface area (Å²) in [5.41, 5.74) is 0. The molecular formula is C12H20N2. The van der Waals surface area contributed by atoms with E-state index in [0.29, 0.717) is 5.92 Å². The maximum atomic E-state index is 6.87. The smallest absolute Gasteiger partial charge is 0.217 e. The van der Waals surface area contributed by atoms with E-state index in [1.165, 1.54) is 51.6 Å². The fourth-order valence-electron chi connectivity index (χ4n) is 2.90. The Bertz CT molecular complexity index is 205. The van der Waals surface area contributed by atoms with Crippen molar-refractivity contribution in [2.24, 2.45) is 5.92 Å². The quantitative estimate of drug-likeness (QED) is 0.610. The lowest BCUT2D eigenvalue weighted by molar-refractivity contribution is 0.139. The molecule has 2 rings (SSSR count). The maximum absolute atomic E-state index is 6.87. The summed E-state index contributed by atoms with van der Waals surface area (Å²) >= 11 is 0. The van der Waals surface area contributed by atoms with Gasteiger partial charge >= 0.3 is 0 Å². The van der Waals surface area contributed by atoms with Gasteiger partial charge in [-0.05, 0) is 38.8 Å². The van der Waals surface area contributed by atoms with E-state index in [0.717, 1.165) is 12.6 Å². The van der Waals surface area contributed by atoms with Crippen LogP contribution in [0.25, 0.3) is 4.85 Å². The summed E-state index contributed by atoms with van der Waals surface area (Å²) in [6.45, 7) is 10.1. The third kappa shape index (κ3) is 2.27. The van der Waals surface area contributed by atoms with Gasteiger partial charge < -0.3 is 9.74 Å². The average molecular weight is 192 g/mol. The van der Waals surface area contributed by atoms with Crippen LogP contribution in [-0.2, 0) is 0 Å². The summed E-state index contributed by atoms with van der Waals surface area (Å²) in [4.78, 5) is 6.19. The molecule has 0 atom stereocenters. The highest BCUT2D eigenvalue weighted by Gasteiger charge is 2.27. The second-order valence-corrected chi connectivity index (χ2v) is 4.76. The lowest BCUT2D eigenvalue weighted by Gasteiger charge is -2.34. The van der Waals surface area contributed by atoms with Gasteiger partial charge in [-0.25, -0.2) is 6.57 Å². The summed E-state index contributed by atoms with van der Waals surface area (Å²) in [7, 11) is 0. The molecule has 1 aliphatic carbocycles. The highest BCUT2D eigenvalue weighted by molar-refractivity contribution is 4.83. The van der Waals surface area contributed by atoms with Crippen LogP contribution in [0.15, 0.2) is 0 Å². The van der Waals surface area contributed by atoms with Crippen LogP contribution in [0.2, 0.25) is 0 Å². The zero-order valence-electron chi connectivity index (χ0n) is 8.91. The number of rotatable bonds is 2. The molecule has 0 aromatic rings. The van der Waals surface area contributed by atoms with Gasteiger partial charge in [0.05, 0.1) is 0 Å². The molecule has 1 saturated carbocycles. The van der Waals surface area contributed by atoms with E-state index in [1.54, 1.807) is 0 Å².